The van der Waals surface area contributed by atoms with E-state index in [1.165, 1.54) is 37.7 Å². The molecule has 1 aliphatic rings. The first-order chi connectivity index (χ1) is 17.5. The van der Waals surface area contributed by atoms with Crippen molar-refractivity contribution in [3.63, 3.8) is 0 Å². The van der Waals surface area contributed by atoms with Crippen molar-refractivity contribution in [2.75, 3.05) is 10.0 Å². The molecule has 1 heterocycles. The summed E-state index contributed by atoms with van der Waals surface area (Å²) in [5, 5.41) is 5.08. The summed E-state index contributed by atoms with van der Waals surface area (Å²) in [7, 11) is -1.44. The summed E-state index contributed by atoms with van der Waals surface area (Å²) < 4.78 is 15.9. The molecule has 0 bridgehead atoms. The minimum Gasteiger partial charge on any atom is -0.351 e. The summed E-state index contributed by atoms with van der Waals surface area (Å²) >= 11 is 6.21. The molecule has 5 nitrogen and oxygen atoms in total. The number of hydrogen-bond acceptors (Lipinski definition) is 4. The normalized spacial score (nSPS) is 15.1. The van der Waals surface area contributed by atoms with Crippen molar-refractivity contribution in [3.8, 4) is 11.1 Å². The monoisotopic (exact) mass is 518 g/mol. The maximum Gasteiger partial charge on any atom is 0.223 e. The number of benzene rings is 3. The number of nitrogens with one attached hydrogen (secondary N) is 2. The summed E-state index contributed by atoms with van der Waals surface area (Å²) in [4.78, 5) is 10.1. The molecule has 1 atom stereocenters. The molecule has 1 fully saturated rings. The fourth-order valence-corrected chi connectivity index (χ4v) is 6.20. The van der Waals surface area contributed by atoms with Crippen LogP contribution in [0.15, 0.2) is 65.7 Å². The molecule has 1 saturated carbocycles. The van der Waals surface area contributed by atoms with Gasteiger partial charge in [0, 0.05) is 23.3 Å². The van der Waals surface area contributed by atoms with Gasteiger partial charge in [-0.2, -0.15) is 0 Å². The zero-order valence-electron chi connectivity index (χ0n) is 20.7. The summed E-state index contributed by atoms with van der Waals surface area (Å²) in [6.45, 7) is 4.24. The molecule has 4 aromatic rings. The lowest BCUT2D eigenvalue weighted by molar-refractivity contribution is 0.461. The van der Waals surface area contributed by atoms with E-state index in [1.54, 1.807) is 12.1 Å². The topological polar surface area (TPSA) is 66.9 Å². The van der Waals surface area contributed by atoms with E-state index in [2.05, 4.69) is 47.1 Å². The predicted octanol–water partition coefficient (Wildman–Crippen LogP) is 7.70. The molecule has 7 heteroatoms. The number of fused-ring (bicyclic) bond motifs is 1. The van der Waals surface area contributed by atoms with Crippen LogP contribution in [0.4, 0.5) is 11.6 Å². The van der Waals surface area contributed by atoms with Crippen molar-refractivity contribution in [1.29, 1.82) is 0 Å². The standard InChI is InChI=1S/C29H31ClN4OS/c1-3-20-16-21(17-22-18-31-29(33-28(20)22)32-23-9-5-4-6-10-23)25-14-13-24(15-19(25)2)34-36(35)27-12-8-7-11-26(27)30/h7-8,11-18,23,34H,3-6,9-10H2,1-2H3,(H,31,32,33). The van der Waals surface area contributed by atoms with Gasteiger partial charge in [-0.1, -0.05) is 56.0 Å². The Morgan fingerprint density at radius 2 is 1.86 bits per heavy atom. The lowest BCUT2D eigenvalue weighted by atomic mass is 9.95. The van der Waals surface area contributed by atoms with Gasteiger partial charge in [-0.05, 0) is 84.8 Å². The third-order valence-corrected chi connectivity index (χ3v) is 8.48. The molecular weight excluding hydrogens is 488 g/mol. The van der Waals surface area contributed by atoms with Gasteiger partial charge in [0.1, 0.15) is 0 Å². The van der Waals surface area contributed by atoms with Gasteiger partial charge in [0.05, 0.1) is 15.4 Å². The lowest BCUT2D eigenvalue weighted by Crippen LogP contribution is -2.23. The molecule has 1 unspecified atom stereocenters. The van der Waals surface area contributed by atoms with E-state index in [0.717, 1.165) is 45.6 Å². The number of nitrogens with zero attached hydrogens (tertiary/aromatic N) is 2. The second-order valence-electron chi connectivity index (χ2n) is 9.43. The first kappa shape index (κ1) is 24.7. The van der Waals surface area contributed by atoms with Gasteiger partial charge in [-0.3, -0.25) is 0 Å². The van der Waals surface area contributed by atoms with Gasteiger partial charge < -0.3 is 10.0 Å². The number of rotatable bonds is 7. The fourth-order valence-electron chi connectivity index (χ4n) is 4.95. The number of aryl methyl sites for hydroxylation is 2. The quantitative estimate of drug-likeness (QED) is 0.263. The van der Waals surface area contributed by atoms with Crippen molar-refractivity contribution in [2.24, 2.45) is 0 Å². The van der Waals surface area contributed by atoms with E-state index < -0.39 is 11.0 Å². The van der Waals surface area contributed by atoms with Gasteiger partial charge >= 0.3 is 0 Å². The first-order valence-corrected chi connectivity index (χ1v) is 14.1. The second-order valence-corrected chi connectivity index (χ2v) is 11.0. The smallest absolute Gasteiger partial charge is 0.223 e. The molecule has 5 rings (SSSR count). The average molecular weight is 519 g/mol. The van der Waals surface area contributed by atoms with Crippen LogP contribution in [0.3, 0.4) is 0 Å². The van der Waals surface area contributed by atoms with Crippen LogP contribution in [-0.4, -0.2) is 20.2 Å². The summed E-state index contributed by atoms with van der Waals surface area (Å²) in [5.41, 5.74) is 6.36. The molecule has 0 amide bonds. The highest BCUT2D eigenvalue weighted by Gasteiger charge is 2.16. The molecule has 1 aliphatic carbocycles. The van der Waals surface area contributed by atoms with E-state index in [9.17, 15) is 4.21 Å². The lowest BCUT2D eigenvalue weighted by Gasteiger charge is -2.22. The Morgan fingerprint density at radius 3 is 2.61 bits per heavy atom. The van der Waals surface area contributed by atoms with Crippen molar-refractivity contribution in [1.82, 2.24) is 9.97 Å². The van der Waals surface area contributed by atoms with Gasteiger partial charge in [0.15, 0.2) is 11.0 Å². The summed E-state index contributed by atoms with van der Waals surface area (Å²) in [6, 6.07) is 18.1. The molecule has 0 aliphatic heterocycles. The van der Waals surface area contributed by atoms with Crippen LogP contribution in [0.1, 0.15) is 50.2 Å². The second kappa shape index (κ2) is 11.0. The number of anilines is 2. The van der Waals surface area contributed by atoms with Crippen LogP contribution in [0.2, 0.25) is 5.02 Å². The van der Waals surface area contributed by atoms with Crippen LogP contribution in [-0.2, 0) is 17.4 Å². The Morgan fingerprint density at radius 1 is 1.06 bits per heavy atom. The molecule has 3 aromatic carbocycles. The van der Waals surface area contributed by atoms with Crippen molar-refractivity contribution >= 4 is 45.1 Å². The van der Waals surface area contributed by atoms with E-state index >= 15 is 0 Å². The molecule has 0 saturated heterocycles. The van der Waals surface area contributed by atoms with Crippen molar-refractivity contribution in [3.05, 3.63) is 76.9 Å². The van der Waals surface area contributed by atoms with Crippen LogP contribution < -0.4 is 10.0 Å². The van der Waals surface area contributed by atoms with Crippen molar-refractivity contribution in [2.45, 2.75) is 63.3 Å². The Kier molecular flexibility index (Phi) is 7.54. The predicted molar refractivity (Wildman–Crippen MR) is 151 cm³/mol. The Hall–Kier alpha value is -2.96. The van der Waals surface area contributed by atoms with Gasteiger partial charge in [-0.15, -0.1) is 0 Å². The molecule has 1 aromatic heterocycles. The minimum absolute atomic E-state index is 0.475. The first-order valence-electron chi connectivity index (χ1n) is 12.6. The van der Waals surface area contributed by atoms with Gasteiger partial charge in [0.2, 0.25) is 5.95 Å². The van der Waals surface area contributed by atoms with Crippen LogP contribution in [0.5, 0.6) is 0 Å². The highest BCUT2D eigenvalue weighted by atomic mass is 35.5. The zero-order chi connectivity index (χ0) is 25.1. The third-order valence-electron chi connectivity index (χ3n) is 6.87. The molecule has 2 N–H and O–H groups in total. The molecule has 0 radical (unpaired) electrons. The van der Waals surface area contributed by atoms with E-state index in [1.807, 2.05) is 30.5 Å². The van der Waals surface area contributed by atoms with Gasteiger partial charge in [0.25, 0.3) is 0 Å². The van der Waals surface area contributed by atoms with Gasteiger partial charge in [-0.25, -0.2) is 14.2 Å². The highest BCUT2D eigenvalue weighted by Crippen LogP contribution is 2.32. The third kappa shape index (κ3) is 5.40. The maximum absolute atomic E-state index is 12.8. The Balaban J connectivity index is 1.40. The summed E-state index contributed by atoms with van der Waals surface area (Å²) in [6.07, 6.45) is 9.09. The van der Waals surface area contributed by atoms with Crippen molar-refractivity contribution < 1.29 is 4.21 Å². The molecular formula is C29H31ClN4OS. The van der Waals surface area contributed by atoms with Crippen LogP contribution >= 0.6 is 11.6 Å². The molecule has 0 spiro atoms. The largest absolute Gasteiger partial charge is 0.351 e. The van der Waals surface area contributed by atoms with E-state index in [0.29, 0.717) is 16.0 Å². The van der Waals surface area contributed by atoms with Crippen LogP contribution in [0, 0.1) is 6.92 Å². The van der Waals surface area contributed by atoms with E-state index in [4.69, 9.17) is 16.6 Å². The number of aromatic nitrogens is 2. The Bertz CT molecular complexity index is 1420. The van der Waals surface area contributed by atoms with E-state index in [-0.39, 0.29) is 0 Å². The summed E-state index contributed by atoms with van der Waals surface area (Å²) in [5.74, 6) is 0.731. The molecule has 36 heavy (non-hydrogen) atoms. The Labute approximate surface area is 220 Å². The maximum atomic E-state index is 12.8. The fraction of sp³-hybridized carbons (Fsp3) is 0.310. The minimum atomic E-state index is -1.44. The average Bonchev–Trinajstić information content (AvgIpc) is 2.89. The number of hydrogen-bond donors (Lipinski definition) is 2. The molecule has 186 valence electrons. The van der Waals surface area contributed by atoms with Crippen LogP contribution in [0.25, 0.3) is 22.0 Å². The zero-order valence-corrected chi connectivity index (χ0v) is 22.3. The number of halogens is 1. The highest BCUT2D eigenvalue weighted by molar-refractivity contribution is 7.86. The SMILES string of the molecule is CCc1cc(-c2ccc(NS(=O)c3ccccc3Cl)cc2C)cc2cnc(NC3CCCCC3)nc12.